The van der Waals surface area contributed by atoms with Gasteiger partial charge in [-0.1, -0.05) is 15.9 Å². The zero-order valence-corrected chi connectivity index (χ0v) is 10.6. The zero-order chi connectivity index (χ0) is 13.1. The van der Waals surface area contributed by atoms with Gasteiger partial charge >= 0.3 is 11.7 Å². The molecule has 0 aliphatic rings. The van der Waals surface area contributed by atoms with Crippen LogP contribution in [0.5, 0.6) is 0 Å². The number of benzene rings is 1. The Bertz CT molecular complexity index is 617. The molecule has 18 heavy (non-hydrogen) atoms. The van der Waals surface area contributed by atoms with Crippen LogP contribution in [0, 0.1) is 0 Å². The summed E-state index contributed by atoms with van der Waals surface area (Å²) in [7, 11) is 0. The van der Waals surface area contributed by atoms with Gasteiger partial charge in [0.2, 0.25) is 5.95 Å². The van der Waals surface area contributed by atoms with Crippen molar-refractivity contribution in [3.63, 3.8) is 0 Å². The van der Waals surface area contributed by atoms with Crippen molar-refractivity contribution in [2.24, 2.45) is 0 Å². The molecule has 1 heterocycles. The summed E-state index contributed by atoms with van der Waals surface area (Å²) in [5, 5.41) is 14.9. The molecule has 0 saturated carbocycles. The highest BCUT2D eigenvalue weighted by molar-refractivity contribution is 9.10. The van der Waals surface area contributed by atoms with Crippen molar-refractivity contribution in [1.29, 1.82) is 0 Å². The molecule has 0 radical (unpaired) electrons. The van der Waals surface area contributed by atoms with Crippen LogP contribution >= 0.6 is 15.9 Å². The molecule has 0 fully saturated rings. The Hall–Kier alpha value is -2.09. The van der Waals surface area contributed by atoms with Crippen molar-refractivity contribution < 1.29 is 9.90 Å². The van der Waals surface area contributed by atoms with Crippen molar-refractivity contribution in [3.05, 3.63) is 39.2 Å². The summed E-state index contributed by atoms with van der Waals surface area (Å²) >= 11 is 3.29. The lowest BCUT2D eigenvalue weighted by Gasteiger charge is -1.99. The van der Waals surface area contributed by atoms with Gasteiger partial charge in [-0.25, -0.2) is 4.79 Å². The Morgan fingerprint density at radius 3 is 2.72 bits per heavy atom. The summed E-state index contributed by atoms with van der Waals surface area (Å²) < 4.78 is 2.04. The average Bonchev–Trinajstić information content (AvgIpc) is 2.69. The highest BCUT2D eigenvalue weighted by Gasteiger charge is 2.07. The van der Waals surface area contributed by atoms with Gasteiger partial charge in [-0.2, -0.15) is 4.68 Å². The van der Waals surface area contributed by atoms with E-state index in [9.17, 15) is 9.59 Å². The molecule has 7 nitrogen and oxygen atoms in total. The second kappa shape index (κ2) is 5.05. The van der Waals surface area contributed by atoms with Gasteiger partial charge in [0.1, 0.15) is 6.54 Å². The Labute approximate surface area is 110 Å². The van der Waals surface area contributed by atoms with Crippen LogP contribution in [-0.4, -0.2) is 32.4 Å². The zero-order valence-electron chi connectivity index (χ0n) is 9.05. The SMILES string of the molecule is O=C(O)CNc1nn(-c2ccc(Br)cc2)c(=O)[nH]1. The van der Waals surface area contributed by atoms with Gasteiger partial charge in [0.25, 0.3) is 0 Å². The second-order valence-corrected chi connectivity index (χ2v) is 4.33. The first-order chi connectivity index (χ1) is 8.56. The molecule has 0 unspecified atom stereocenters. The number of halogens is 1. The summed E-state index contributed by atoms with van der Waals surface area (Å²) in [6.45, 7) is -0.312. The van der Waals surface area contributed by atoms with Gasteiger partial charge in [-0.05, 0) is 24.3 Å². The minimum atomic E-state index is -1.03. The number of nitrogens with zero attached hydrogens (tertiary/aromatic N) is 2. The van der Waals surface area contributed by atoms with Crippen LogP contribution in [0.15, 0.2) is 33.5 Å². The van der Waals surface area contributed by atoms with E-state index in [-0.39, 0.29) is 12.5 Å². The largest absolute Gasteiger partial charge is 0.480 e. The molecule has 8 heteroatoms. The minimum Gasteiger partial charge on any atom is -0.480 e. The molecule has 0 bridgehead atoms. The number of carboxylic acids is 1. The fourth-order valence-corrected chi connectivity index (χ4v) is 1.59. The number of aliphatic carboxylic acids is 1. The normalized spacial score (nSPS) is 10.3. The Kier molecular flexibility index (Phi) is 3.47. The third-order valence-electron chi connectivity index (χ3n) is 2.10. The number of carbonyl (C=O) groups is 1. The molecule has 2 aromatic rings. The fourth-order valence-electron chi connectivity index (χ4n) is 1.32. The van der Waals surface area contributed by atoms with Crippen LogP contribution < -0.4 is 11.0 Å². The maximum Gasteiger partial charge on any atom is 0.349 e. The molecular weight excluding hydrogens is 304 g/mol. The van der Waals surface area contributed by atoms with Crippen LogP contribution in [0.4, 0.5) is 5.95 Å². The molecule has 1 aromatic heterocycles. The molecule has 94 valence electrons. The van der Waals surface area contributed by atoms with E-state index in [1.807, 2.05) is 0 Å². The fraction of sp³-hybridized carbons (Fsp3) is 0.100. The van der Waals surface area contributed by atoms with Gasteiger partial charge in [0.15, 0.2) is 0 Å². The van der Waals surface area contributed by atoms with E-state index in [1.54, 1.807) is 24.3 Å². The summed E-state index contributed by atoms with van der Waals surface area (Å²) in [6, 6.07) is 6.99. The highest BCUT2D eigenvalue weighted by atomic mass is 79.9. The number of aromatic amines is 1. The van der Waals surface area contributed by atoms with Gasteiger partial charge in [0, 0.05) is 4.47 Å². The van der Waals surface area contributed by atoms with E-state index in [4.69, 9.17) is 5.11 Å². The van der Waals surface area contributed by atoms with Crippen LogP contribution in [0.2, 0.25) is 0 Å². The van der Waals surface area contributed by atoms with Gasteiger partial charge < -0.3 is 10.4 Å². The topological polar surface area (TPSA) is 100 Å². The third kappa shape index (κ3) is 2.77. The lowest BCUT2D eigenvalue weighted by Crippen LogP contribution is -2.15. The number of aromatic nitrogens is 3. The van der Waals surface area contributed by atoms with Crippen LogP contribution in [0.1, 0.15) is 0 Å². The van der Waals surface area contributed by atoms with Crippen molar-refractivity contribution in [3.8, 4) is 5.69 Å². The van der Waals surface area contributed by atoms with Crippen molar-refractivity contribution >= 4 is 27.8 Å². The predicted molar refractivity (Wildman–Crippen MR) is 68.0 cm³/mol. The number of nitrogens with one attached hydrogen (secondary N) is 2. The van der Waals surface area contributed by atoms with Crippen molar-refractivity contribution in [2.45, 2.75) is 0 Å². The van der Waals surface area contributed by atoms with Crippen molar-refractivity contribution in [1.82, 2.24) is 14.8 Å². The summed E-state index contributed by atoms with van der Waals surface area (Å²) in [5.41, 5.74) is 0.146. The van der Waals surface area contributed by atoms with Crippen molar-refractivity contribution in [2.75, 3.05) is 11.9 Å². The third-order valence-corrected chi connectivity index (χ3v) is 2.62. The number of H-pyrrole nitrogens is 1. The molecule has 0 amide bonds. The standard InChI is InChI=1S/C10H9BrN4O3/c11-6-1-3-7(4-2-6)15-10(18)13-9(14-15)12-5-8(16)17/h1-4H,5H2,(H,16,17)(H2,12,13,14,18). The number of hydrogen-bond acceptors (Lipinski definition) is 4. The first kappa shape index (κ1) is 12.4. The molecular formula is C10H9BrN4O3. The molecule has 0 aliphatic carbocycles. The smallest absolute Gasteiger partial charge is 0.349 e. The highest BCUT2D eigenvalue weighted by Crippen LogP contribution is 2.12. The number of anilines is 1. The Morgan fingerprint density at radius 1 is 1.44 bits per heavy atom. The van der Waals surface area contributed by atoms with Crippen LogP contribution in [0.3, 0.4) is 0 Å². The van der Waals surface area contributed by atoms with Crippen LogP contribution in [-0.2, 0) is 4.79 Å². The number of carboxylic acid groups (broad SMARTS) is 1. The first-order valence-electron chi connectivity index (χ1n) is 4.97. The van der Waals surface area contributed by atoms with Crippen LogP contribution in [0.25, 0.3) is 5.69 Å². The molecule has 3 N–H and O–H groups in total. The van der Waals surface area contributed by atoms with Gasteiger partial charge in [-0.3, -0.25) is 9.78 Å². The second-order valence-electron chi connectivity index (χ2n) is 3.41. The first-order valence-corrected chi connectivity index (χ1v) is 5.76. The Balaban J connectivity index is 2.26. The lowest BCUT2D eigenvalue weighted by molar-refractivity contribution is -0.134. The predicted octanol–water partition coefficient (Wildman–Crippen LogP) is 0.820. The summed E-state index contributed by atoms with van der Waals surface area (Å²) in [4.78, 5) is 24.4. The van der Waals surface area contributed by atoms with E-state index in [0.717, 1.165) is 9.15 Å². The molecule has 1 aromatic carbocycles. The number of rotatable bonds is 4. The van der Waals surface area contributed by atoms with Gasteiger partial charge in [0.05, 0.1) is 5.69 Å². The molecule has 0 aliphatic heterocycles. The maximum atomic E-state index is 11.6. The molecule has 2 rings (SSSR count). The molecule has 0 atom stereocenters. The minimum absolute atomic E-state index is 0.116. The lowest BCUT2D eigenvalue weighted by atomic mass is 10.3. The summed E-state index contributed by atoms with van der Waals surface area (Å²) in [6.07, 6.45) is 0. The maximum absolute atomic E-state index is 11.6. The van der Waals surface area contributed by atoms with E-state index in [2.05, 4.69) is 31.3 Å². The number of hydrogen-bond donors (Lipinski definition) is 3. The van der Waals surface area contributed by atoms with Gasteiger partial charge in [-0.15, -0.1) is 5.10 Å². The quantitative estimate of drug-likeness (QED) is 0.776. The Morgan fingerprint density at radius 2 is 2.11 bits per heavy atom. The van der Waals surface area contributed by atoms with E-state index >= 15 is 0 Å². The monoisotopic (exact) mass is 312 g/mol. The van der Waals surface area contributed by atoms with E-state index in [1.165, 1.54) is 0 Å². The summed E-state index contributed by atoms with van der Waals surface area (Å²) in [5.74, 6) is -0.917. The van der Waals surface area contributed by atoms with E-state index < -0.39 is 11.7 Å². The van der Waals surface area contributed by atoms with E-state index in [0.29, 0.717) is 5.69 Å². The molecule has 0 saturated heterocycles. The average molecular weight is 313 g/mol. The molecule has 0 spiro atoms.